The fourth-order valence-corrected chi connectivity index (χ4v) is 3.06. The third-order valence-corrected chi connectivity index (χ3v) is 4.28. The Labute approximate surface area is 115 Å². The van der Waals surface area contributed by atoms with Gasteiger partial charge in [-0.3, -0.25) is 0 Å². The number of halogens is 1. The fourth-order valence-electron chi connectivity index (χ4n) is 2.87. The Hall–Kier alpha value is -0.760. The molecule has 1 saturated carbocycles. The zero-order chi connectivity index (χ0) is 13.1. The normalized spacial score (nSPS) is 24.3. The molecule has 1 aliphatic rings. The van der Waals surface area contributed by atoms with Crippen molar-refractivity contribution in [3.63, 3.8) is 0 Å². The number of nitrogens with one attached hydrogen (secondary N) is 1. The summed E-state index contributed by atoms with van der Waals surface area (Å²) in [5, 5.41) is 4.21. The van der Waals surface area contributed by atoms with Crippen LogP contribution in [-0.2, 0) is 0 Å². The molecule has 18 heavy (non-hydrogen) atoms. The van der Waals surface area contributed by atoms with E-state index in [1.807, 2.05) is 19.1 Å². The molecule has 0 amide bonds. The van der Waals surface area contributed by atoms with Gasteiger partial charge < -0.3 is 5.32 Å². The van der Waals surface area contributed by atoms with Gasteiger partial charge in [0.05, 0.1) is 11.4 Å². The molecule has 0 aromatic carbocycles. The summed E-state index contributed by atoms with van der Waals surface area (Å²) in [7, 11) is 0. The van der Waals surface area contributed by atoms with Gasteiger partial charge in [-0.15, -0.1) is 0 Å². The van der Waals surface area contributed by atoms with Crippen molar-refractivity contribution in [2.24, 2.45) is 11.8 Å². The average Bonchev–Trinajstić information content (AvgIpc) is 2.33. The highest BCUT2D eigenvalue weighted by atomic mass is 35.5. The zero-order valence-electron chi connectivity index (χ0n) is 11.5. The van der Waals surface area contributed by atoms with E-state index in [0.29, 0.717) is 11.2 Å². The summed E-state index contributed by atoms with van der Waals surface area (Å²) in [6.07, 6.45) is 5.26. The highest BCUT2D eigenvalue weighted by molar-refractivity contribution is 6.29. The maximum absolute atomic E-state index is 5.89. The second kappa shape index (κ2) is 5.92. The van der Waals surface area contributed by atoms with E-state index in [2.05, 4.69) is 24.1 Å². The third kappa shape index (κ3) is 3.38. The standard InChI is InChI=1S/C15H23ClN2/c1-10(2)12-5-4-6-13(9-12)18-14-7-8-15(16)17-11(14)3/h7-8,10,12-13,18H,4-6,9H2,1-3H3. The molecule has 0 aliphatic heterocycles. The second-order valence-corrected chi connectivity index (χ2v) is 6.17. The Balaban J connectivity index is 2.00. The first-order chi connectivity index (χ1) is 8.56. The van der Waals surface area contributed by atoms with Gasteiger partial charge in [0.1, 0.15) is 5.15 Å². The van der Waals surface area contributed by atoms with Crippen molar-refractivity contribution in [2.45, 2.75) is 52.5 Å². The van der Waals surface area contributed by atoms with Gasteiger partial charge in [0, 0.05) is 6.04 Å². The van der Waals surface area contributed by atoms with E-state index >= 15 is 0 Å². The van der Waals surface area contributed by atoms with Gasteiger partial charge in [-0.05, 0) is 43.7 Å². The summed E-state index contributed by atoms with van der Waals surface area (Å²) < 4.78 is 0. The van der Waals surface area contributed by atoms with Crippen LogP contribution in [0.15, 0.2) is 12.1 Å². The largest absolute Gasteiger partial charge is 0.381 e. The van der Waals surface area contributed by atoms with Crippen LogP contribution in [0.25, 0.3) is 0 Å². The lowest BCUT2D eigenvalue weighted by molar-refractivity contribution is 0.264. The van der Waals surface area contributed by atoms with Crippen LogP contribution in [0, 0.1) is 18.8 Å². The fraction of sp³-hybridized carbons (Fsp3) is 0.667. The molecule has 1 aromatic rings. The van der Waals surface area contributed by atoms with Crippen LogP contribution in [-0.4, -0.2) is 11.0 Å². The van der Waals surface area contributed by atoms with Crippen molar-refractivity contribution in [3.8, 4) is 0 Å². The van der Waals surface area contributed by atoms with Crippen LogP contribution in [0.3, 0.4) is 0 Å². The lowest BCUT2D eigenvalue weighted by Gasteiger charge is -2.32. The van der Waals surface area contributed by atoms with E-state index in [1.165, 1.54) is 25.7 Å². The number of anilines is 1. The molecule has 1 heterocycles. The Bertz CT molecular complexity index is 403. The van der Waals surface area contributed by atoms with Gasteiger partial charge in [-0.25, -0.2) is 4.98 Å². The number of rotatable bonds is 3. The van der Waals surface area contributed by atoms with Crippen LogP contribution in [0.5, 0.6) is 0 Å². The molecule has 2 nitrogen and oxygen atoms in total. The van der Waals surface area contributed by atoms with Crippen molar-refractivity contribution in [1.29, 1.82) is 0 Å². The Morgan fingerprint density at radius 2 is 2.11 bits per heavy atom. The first-order valence-electron chi connectivity index (χ1n) is 6.96. The van der Waals surface area contributed by atoms with Gasteiger partial charge in [0.2, 0.25) is 0 Å². The molecule has 0 radical (unpaired) electrons. The predicted octanol–water partition coefficient (Wildman–Crippen LogP) is 4.67. The smallest absolute Gasteiger partial charge is 0.129 e. The average molecular weight is 267 g/mol. The highest BCUT2D eigenvalue weighted by Gasteiger charge is 2.24. The van der Waals surface area contributed by atoms with E-state index in [0.717, 1.165) is 23.2 Å². The van der Waals surface area contributed by atoms with Gasteiger partial charge in [0.25, 0.3) is 0 Å². The molecule has 2 rings (SSSR count). The van der Waals surface area contributed by atoms with E-state index in [4.69, 9.17) is 11.6 Å². The molecule has 100 valence electrons. The number of hydrogen-bond donors (Lipinski definition) is 1. The van der Waals surface area contributed by atoms with Crippen molar-refractivity contribution in [1.82, 2.24) is 4.98 Å². The van der Waals surface area contributed by atoms with Crippen LogP contribution < -0.4 is 5.32 Å². The number of pyridine rings is 1. The molecular weight excluding hydrogens is 244 g/mol. The van der Waals surface area contributed by atoms with Crippen LogP contribution in [0.4, 0.5) is 5.69 Å². The zero-order valence-corrected chi connectivity index (χ0v) is 12.3. The minimum atomic E-state index is 0.571. The highest BCUT2D eigenvalue weighted by Crippen LogP contribution is 2.32. The first kappa shape index (κ1) is 13.7. The summed E-state index contributed by atoms with van der Waals surface area (Å²) in [5.41, 5.74) is 2.13. The molecular formula is C15H23ClN2. The molecule has 2 unspecified atom stereocenters. The molecule has 3 heteroatoms. The molecule has 1 aromatic heterocycles. The number of hydrogen-bond acceptors (Lipinski definition) is 2. The first-order valence-corrected chi connectivity index (χ1v) is 7.33. The number of aromatic nitrogens is 1. The molecule has 0 saturated heterocycles. The lowest BCUT2D eigenvalue weighted by atomic mass is 9.79. The van der Waals surface area contributed by atoms with Gasteiger partial charge in [-0.2, -0.15) is 0 Å². The maximum Gasteiger partial charge on any atom is 0.129 e. The summed E-state index contributed by atoms with van der Waals surface area (Å²) in [5.74, 6) is 1.65. The van der Waals surface area contributed by atoms with E-state index in [1.54, 1.807) is 0 Å². The minimum Gasteiger partial charge on any atom is -0.381 e. The van der Waals surface area contributed by atoms with Crippen molar-refractivity contribution >= 4 is 17.3 Å². The summed E-state index contributed by atoms with van der Waals surface area (Å²) >= 11 is 5.89. The molecule has 1 aliphatic carbocycles. The summed E-state index contributed by atoms with van der Waals surface area (Å²) in [6, 6.07) is 4.50. The van der Waals surface area contributed by atoms with E-state index in [9.17, 15) is 0 Å². The topological polar surface area (TPSA) is 24.9 Å². The maximum atomic E-state index is 5.89. The van der Waals surface area contributed by atoms with Crippen LogP contribution in [0.1, 0.15) is 45.2 Å². The monoisotopic (exact) mass is 266 g/mol. The van der Waals surface area contributed by atoms with E-state index in [-0.39, 0.29) is 0 Å². The predicted molar refractivity (Wildman–Crippen MR) is 78.2 cm³/mol. The Morgan fingerprint density at radius 1 is 1.33 bits per heavy atom. The number of aryl methyl sites for hydroxylation is 1. The minimum absolute atomic E-state index is 0.571. The SMILES string of the molecule is Cc1nc(Cl)ccc1NC1CCCC(C(C)C)C1. The van der Waals surface area contributed by atoms with E-state index < -0.39 is 0 Å². The third-order valence-electron chi connectivity index (χ3n) is 4.07. The van der Waals surface area contributed by atoms with Crippen molar-refractivity contribution < 1.29 is 0 Å². The van der Waals surface area contributed by atoms with Crippen LogP contribution >= 0.6 is 11.6 Å². The Kier molecular flexibility index (Phi) is 4.50. The summed E-state index contributed by atoms with van der Waals surface area (Å²) in [4.78, 5) is 4.30. The van der Waals surface area contributed by atoms with Gasteiger partial charge in [0.15, 0.2) is 0 Å². The van der Waals surface area contributed by atoms with Crippen molar-refractivity contribution in [3.05, 3.63) is 23.0 Å². The molecule has 0 bridgehead atoms. The van der Waals surface area contributed by atoms with Crippen molar-refractivity contribution in [2.75, 3.05) is 5.32 Å². The summed E-state index contributed by atoms with van der Waals surface area (Å²) in [6.45, 7) is 6.68. The number of nitrogens with zero attached hydrogens (tertiary/aromatic N) is 1. The second-order valence-electron chi connectivity index (χ2n) is 5.78. The van der Waals surface area contributed by atoms with Gasteiger partial charge >= 0.3 is 0 Å². The quantitative estimate of drug-likeness (QED) is 0.804. The lowest BCUT2D eigenvalue weighted by Crippen LogP contribution is -2.29. The molecule has 1 N–H and O–H groups in total. The molecule has 0 spiro atoms. The molecule has 2 atom stereocenters. The Morgan fingerprint density at radius 3 is 2.78 bits per heavy atom. The van der Waals surface area contributed by atoms with Gasteiger partial charge in [-0.1, -0.05) is 38.3 Å². The van der Waals surface area contributed by atoms with Crippen LogP contribution in [0.2, 0.25) is 5.15 Å². The molecule has 1 fully saturated rings.